The van der Waals surface area contributed by atoms with E-state index in [-0.39, 0.29) is 0 Å². The molecule has 1 aromatic rings. The molecule has 0 radical (unpaired) electrons. The van der Waals surface area contributed by atoms with Crippen molar-refractivity contribution in [2.75, 3.05) is 0 Å². The van der Waals surface area contributed by atoms with Gasteiger partial charge in [-0.05, 0) is 115 Å². The molecule has 0 saturated carbocycles. The molecule has 0 saturated heterocycles. The van der Waals surface area contributed by atoms with Gasteiger partial charge in [-0.25, -0.2) is 0 Å². The molecular formula is C23H36O4. The minimum atomic E-state index is -0.736. The van der Waals surface area contributed by atoms with Gasteiger partial charge in [-0.15, -0.1) is 0 Å². The van der Waals surface area contributed by atoms with E-state index in [9.17, 15) is 14.7 Å². The Morgan fingerprint density at radius 1 is 1.04 bits per heavy atom. The summed E-state index contributed by atoms with van der Waals surface area (Å²) < 4.78 is 5.15. The predicted octanol–water partition coefficient (Wildman–Crippen LogP) is 5.32. The Kier molecular flexibility index (Phi) is 8.06. The standard InChI is InChI=1S/C23H36O4/c1-16-14-19(10-8-12-22(4,5)21(25)26)18(3)20(17(16)2)11-9-13-23(6,7)27-15-24/h14-15H,8-13H2,1-7H3,(H,25,26). The van der Waals surface area contributed by atoms with Crippen LogP contribution in [0.5, 0.6) is 0 Å². The van der Waals surface area contributed by atoms with E-state index in [4.69, 9.17) is 4.74 Å². The van der Waals surface area contributed by atoms with Crippen LogP contribution < -0.4 is 0 Å². The molecule has 0 bridgehead atoms. The zero-order valence-electron chi connectivity index (χ0n) is 18.1. The van der Waals surface area contributed by atoms with Gasteiger partial charge in [0, 0.05) is 0 Å². The van der Waals surface area contributed by atoms with Crippen LogP contribution in [0.2, 0.25) is 0 Å². The van der Waals surface area contributed by atoms with Crippen LogP contribution in [0.15, 0.2) is 6.07 Å². The first-order chi connectivity index (χ1) is 12.4. The molecule has 0 heterocycles. The normalized spacial score (nSPS) is 12.1. The monoisotopic (exact) mass is 376 g/mol. The fourth-order valence-corrected chi connectivity index (χ4v) is 3.53. The predicted molar refractivity (Wildman–Crippen MR) is 109 cm³/mol. The van der Waals surface area contributed by atoms with Crippen LogP contribution in [0.25, 0.3) is 0 Å². The minimum Gasteiger partial charge on any atom is -0.481 e. The highest BCUT2D eigenvalue weighted by atomic mass is 16.5. The van der Waals surface area contributed by atoms with Crippen molar-refractivity contribution in [3.63, 3.8) is 0 Å². The van der Waals surface area contributed by atoms with Crippen molar-refractivity contribution < 1.29 is 19.4 Å². The third-order valence-electron chi connectivity index (χ3n) is 5.77. The summed E-state index contributed by atoms with van der Waals surface area (Å²) in [5.41, 5.74) is 5.52. The Balaban J connectivity index is 2.85. The van der Waals surface area contributed by atoms with Gasteiger partial charge in [0.05, 0.1) is 5.41 Å². The number of rotatable bonds is 11. The van der Waals surface area contributed by atoms with Crippen LogP contribution in [0.4, 0.5) is 0 Å². The average Bonchev–Trinajstić information content (AvgIpc) is 2.55. The maximum Gasteiger partial charge on any atom is 0.309 e. The van der Waals surface area contributed by atoms with Gasteiger partial charge in [0.2, 0.25) is 0 Å². The summed E-state index contributed by atoms with van der Waals surface area (Å²) in [5, 5.41) is 9.29. The maximum atomic E-state index is 11.3. The minimum absolute atomic E-state index is 0.432. The zero-order valence-corrected chi connectivity index (χ0v) is 18.1. The lowest BCUT2D eigenvalue weighted by Gasteiger charge is -2.23. The van der Waals surface area contributed by atoms with Crippen LogP contribution in [-0.2, 0) is 27.2 Å². The van der Waals surface area contributed by atoms with Crippen molar-refractivity contribution in [2.24, 2.45) is 5.41 Å². The number of benzene rings is 1. The van der Waals surface area contributed by atoms with Gasteiger partial charge in [-0.3, -0.25) is 9.59 Å². The highest BCUT2D eigenvalue weighted by Crippen LogP contribution is 2.29. The maximum absolute atomic E-state index is 11.3. The van der Waals surface area contributed by atoms with Gasteiger partial charge in [0.25, 0.3) is 6.47 Å². The smallest absolute Gasteiger partial charge is 0.309 e. The van der Waals surface area contributed by atoms with E-state index < -0.39 is 17.0 Å². The van der Waals surface area contributed by atoms with E-state index in [1.54, 1.807) is 13.8 Å². The second-order valence-corrected chi connectivity index (χ2v) is 8.95. The molecule has 1 aromatic carbocycles. The molecule has 0 fully saturated rings. The molecular weight excluding hydrogens is 340 g/mol. The Morgan fingerprint density at radius 2 is 1.63 bits per heavy atom. The summed E-state index contributed by atoms with van der Waals surface area (Å²) in [4.78, 5) is 21.9. The number of hydrogen-bond donors (Lipinski definition) is 1. The first kappa shape index (κ1) is 23.2. The number of aliphatic carboxylic acids is 1. The van der Waals surface area contributed by atoms with Gasteiger partial charge < -0.3 is 9.84 Å². The molecule has 4 heteroatoms. The lowest BCUT2D eigenvalue weighted by molar-refractivity contribution is -0.147. The Labute approximate surface area is 164 Å². The molecule has 0 aliphatic carbocycles. The SMILES string of the molecule is Cc1cc(CCCC(C)(C)C(=O)O)c(C)c(CCCC(C)(C)OC=O)c1C. The molecule has 152 valence electrons. The number of carbonyl (C=O) groups is 2. The molecule has 27 heavy (non-hydrogen) atoms. The summed E-state index contributed by atoms with van der Waals surface area (Å²) >= 11 is 0. The lowest BCUT2D eigenvalue weighted by Crippen LogP contribution is -2.24. The number of carboxylic acids is 1. The summed E-state index contributed by atoms with van der Waals surface area (Å²) in [6, 6.07) is 2.25. The largest absolute Gasteiger partial charge is 0.481 e. The number of carboxylic acid groups (broad SMARTS) is 1. The van der Waals surface area contributed by atoms with E-state index in [0.29, 0.717) is 12.9 Å². The molecule has 1 N–H and O–H groups in total. The molecule has 4 nitrogen and oxygen atoms in total. The first-order valence-corrected chi connectivity index (χ1v) is 9.84. The van der Waals surface area contributed by atoms with E-state index in [1.165, 1.54) is 27.8 Å². The molecule has 0 spiro atoms. The third-order valence-corrected chi connectivity index (χ3v) is 5.77. The van der Waals surface area contributed by atoms with Gasteiger partial charge in [-0.1, -0.05) is 6.07 Å². The summed E-state index contributed by atoms with van der Waals surface area (Å²) in [6.07, 6.45) is 5.16. The molecule has 0 aliphatic heterocycles. The zero-order chi connectivity index (χ0) is 20.8. The van der Waals surface area contributed by atoms with Crippen molar-refractivity contribution in [1.82, 2.24) is 0 Å². The van der Waals surface area contributed by atoms with Crippen molar-refractivity contribution >= 4 is 12.4 Å². The molecule has 0 atom stereocenters. The number of aryl methyl sites for hydroxylation is 2. The van der Waals surface area contributed by atoms with Gasteiger partial charge >= 0.3 is 5.97 Å². The van der Waals surface area contributed by atoms with Crippen LogP contribution in [0, 0.1) is 26.2 Å². The quantitative estimate of drug-likeness (QED) is 0.531. The molecule has 0 aromatic heterocycles. The highest BCUT2D eigenvalue weighted by molar-refractivity contribution is 5.73. The Morgan fingerprint density at radius 3 is 2.19 bits per heavy atom. The van der Waals surface area contributed by atoms with Crippen molar-refractivity contribution in [1.29, 1.82) is 0 Å². The first-order valence-electron chi connectivity index (χ1n) is 9.84. The molecule has 1 rings (SSSR count). The second kappa shape index (κ2) is 9.38. The van der Waals surface area contributed by atoms with Crippen LogP contribution in [-0.4, -0.2) is 23.1 Å². The number of carbonyl (C=O) groups excluding carboxylic acids is 1. The van der Waals surface area contributed by atoms with E-state index in [1.807, 2.05) is 13.8 Å². The third kappa shape index (κ3) is 6.67. The van der Waals surface area contributed by atoms with Gasteiger partial charge in [-0.2, -0.15) is 0 Å². The van der Waals surface area contributed by atoms with E-state index in [0.717, 1.165) is 32.1 Å². The Bertz CT molecular complexity index is 671. The summed E-state index contributed by atoms with van der Waals surface area (Å²) in [6.45, 7) is 14.5. The van der Waals surface area contributed by atoms with E-state index in [2.05, 4.69) is 26.8 Å². The van der Waals surface area contributed by atoms with Gasteiger partial charge in [0.1, 0.15) is 5.60 Å². The number of ether oxygens (including phenoxy) is 1. The van der Waals surface area contributed by atoms with Crippen molar-refractivity contribution in [3.8, 4) is 0 Å². The molecule has 0 aliphatic rings. The molecule has 0 unspecified atom stereocenters. The van der Waals surface area contributed by atoms with Crippen LogP contribution >= 0.6 is 0 Å². The average molecular weight is 377 g/mol. The summed E-state index contributed by atoms with van der Waals surface area (Å²) in [7, 11) is 0. The lowest BCUT2D eigenvalue weighted by atomic mass is 9.84. The highest BCUT2D eigenvalue weighted by Gasteiger charge is 2.26. The van der Waals surface area contributed by atoms with Crippen LogP contribution in [0.1, 0.15) is 81.2 Å². The van der Waals surface area contributed by atoms with Gasteiger partial charge in [0.15, 0.2) is 0 Å². The van der Waals surface area contributed by atoms with E-state index >= 15 is 0 Å². The fraction of sp³-hybridized carbons (Fsp3) is 0.652. The van der Waals surface area contributed by atoms with Crippen LogP contribution in [0.3, 0.4) is 0 Å². The Hall–Kier alpha value is -1.84. The summed E-state index contributed by atoms with van der Waals surface area (Å²) in [5.74, 6) is -0.736. The number of hydrogen-bond acceptors (Lipinski definition) is 3. The fourth-order valence-electron chi connectivity index (χ4n) is 3.53. The van der Waals surface area contributed by atoms with Crippen molar-refractivity contribution in [2.45, 2.75) is 92.6 Å². The second-order valence-electron chi connectivity index (χ2n) is 8.95. The molecule has 0 amide bonds. The topological polar surface area (TPSA) is 63.6 Å². The van der Waals surface area contributed by atoms with Crippen molar-refractivity contribution in [3.05, 3.63) is 33.9 Å².